The molecule has 0 aliphatic rings. The van der Waals surface area contributed by atoms with Gasteiger partial charge in [-0.05, 0) is 13.8 Å². The van der Waals surface area contributed by atoms with Crippen LogP contribution in [0.25, 0.3) is 0 Å². The Morgan fingerprint density at radius 3 is 2.29 bits per heavy atom. The third-order valence-corrected chi connectivity index (χ3v) is 1.34. The lowest BCUT2D eigenvalue weighted by Gasteiger charge is -2.09. The summed E-state index contributed by atoms with van der Waals surface area (Å²) in [4.78, 5) is 11.9. The van der Waals surface area contributed by atoms with Crippen molar-refractivity contribution in [1.29, 1.82) is 0 Å². The molecule has 0 fully saturated rings. The number of hydrogen-bond acceptors (Lipinski definition) is 6. The fourth-order valence-electron chi connectivity index (χ4n) is 0.805. The summed E-state index contributed by atoms with van der Waals surface area (Å²) in [7, 11) is 3.21. The number of methoxy groups -OCH3 is 1. The molecule has 1 aromatic heterocycles. The average Bonchev–Trinajstić information content (AvgIpc) is 2.16. The fourth-order valence-corrected chi connectivity index (χ4v) is 0.805. The van der Waals surface area contributed by atoms with Crippen molar-refractivity contribution < 1.29 is 9.47 Å². The molecule has 0 saturated heterocycles. The van der Waals surface area contributed by atoms with Crippen LogP contribution in [-0.4, -0.2) is 35.2 Å². The van der Waals surface area contributed by atoms with Crippen molar-refractivity contribution in [1.82, 2.24) is 15.0 Å². The molecule has 1 rings (SSSR count). The third kappa shape index (κ3) is 2.72. The standard InChI is InChI=1S/C8H14N4O2/c1-5(2)14-8-11-6(9-3)10-7(12-8)13-4/h5H,1-4H3,(H,9,10,11,12). The summed E-state index contributed by atoms with van der Waals surface area (Å²) in [6, 6.07) is 0.496. The van der Waals surface area contributed by atoms with E-state index in [9.17, 15) is 0 Å². The molecule has 0 spiro atoms. The van der Waals surface area contributed by atoms with Crippen LogP contribution in [0.15, 0.2) is 0 Å². The summed E-state index contributed by atoms with van der Waals surface area (Å²) >= 11 is 0. The second kappa shape index (κ2) is 4.59. The van der Waals surface area contributed by atoms with E-state index in [-0.39, 0.29) is 18.1 Å². The van der Waals surface area contributed by atoms with Gasteiger partial charge in [-0.1, -0.05) is 0 Å². The Balaban J connectivity index is 2.92. The Kier molecular flexibility index (Phi) is 3.44. The average molecular weight is 198 g/mol. The van der Waals surface area contributed by atoms with Gasteiger partial charge in [0.25, 0.3) is 0 Å². The first kappa shape index (κ1) is 10.5. The number of anilines is 1. The highest BCUT2D eigenvalue weighted by Gasteiger charge is 2.07. The molecule has 1 aromatic rings. The number of rotatable bonds is 4. The van der Waals surface area contributed by atoms with Gasteiger partial charge in [0, 0.05) is 7.05 Å². The molecule has 78 valence electrons. The summed E-state index contributed by atoms with van der Waals surface area (Å²) in [6.45, 7) is 3.80. The van der Waals surface area contributed by atoms with Crippen LogP contribution in [0.4, 0.5) is 5.95 Å². The van der Waals surface area contributed by atoms with Crippen molar-refractivity contribution in [2.24, 2.45) is 0 Å². The Morgan fingerprint density at radius 2 is 1.79 bits per heavy atom. The van der Waals surface area contributed by atoms with Crippen LogP contribution < -0.4 is 14.8 Å². The van der Waals surface area contributed by atoms with Crippen molar-refractivity contribution >= 4 is 5.95 Å². The molecule has 1 heterocycles. The van der Waals surface area contributed by atoms with Gasteiger partial charge in [-0.3, -0.25) is 0 Å². The van der Waals surface area contributed by atoms with E-state index in [1.807, 2.05) is 13.8 Å². The number of aromatic nitrogens is 3. The minimum absolute atomic E-state index is 0.0202. The second-order valence-electron chi connectivity index (χ2n) is 2.84. The lowest BCUT2D eigenvalue weighted by Crippen LogP contribution is -2.11. The predicted octanol–water partition coefficient (Wildman–Crippen LogP) is 0.709. The van der Waals surface area contributed by atoms with Gasteiger partial charge in [0.05, 0.1) is 13.2 Å². The molecular formula is C8H14N4O2. The van der Waals surface area contributed by atoms with Crippen LogP contribution in [0.3, 0.4) is 0 Å². The minimum Gasteiger partial charge on any atom is -0.467 e. The highest BCUT2D eigenvalue weighted by Crippen LogP contribution is 2.12. The molecule has 0 aliphatic heterocycles. The van der Waals surface area contributed by atoms with Crippen molar-refractivity contribution in [3.63, 3.8) is 0 Å². The molecule has 0 aliphatic carbocycles. The molecule has 0 amide bonds. The van der Waals surface area contributed by atoms with Crippen LogP contribution >= 0.6 is 0 Å². The zero-order valence-electron chi connectivity index (χ0n) is 8.74. The molecule has 1 N–H and O–H groups in total. The summed E-state index contributed by atoms with van der Waals surface area (Å²) in [5, 5.41) is 2.79. The van der Waals surface area contributed by atoms with E-state index < -0.39 is 0 Å². The van der Waals surface area contributed by atoms with Crippen LogP contribution in [0.2, 0.25) is 0 Å². The quantitative estimate of drug-likeness (QED) is 0.768. The van der Waals surface area contributed by atoms with Gasteiger partial charge < -0.3 is 14.8 Å². The fraction of sp³-hybridized carbons (Fsp3) is 0.625. The molecule has 6 heteroatoms. The summed E-state index contributed by atoms with van der Waals surface area (Å²) in [5.74, 6) is 0.424. The Labute approximate surface area is 82.7 Å². The molecule has 0 aromatic carbocycles. The molecule has 0 unspecified atom stereocenters. The van der Waals surface area contributed by atoms with E-state index in [2.05, 4.69) is 20.3 Å². The van der Waals surface area contributed by atoms with Crippen molar-refractivity contribution in [2.75, 3.05) is 19.5 Å². The smallest absolute Gasteiger partial charge is 0.324 e. The van der Waals surface area contributed by atoms with E-state index in [1.54, 1.807) is 7.05 Å². The summed E-state index contributed by atoms with van der Waals surface area (Å²) < 4.78 is 10.2. The molecule has 14 heavy (non-hydrogen) atoms. The predicted molar refractivity (Wildman–Crippen MR) is 51.7 cm³/mol. The van der Waals surface area contributed by atoms with Gasteiger partial charge in [0.15, 0.2) is 0 Å². The first-order valence-electron chi connectivity index (χ1n) is 4.30. The first-order chi connectivity index (χ1) is 6.65. The lowest BCUT2D eigenvalue weighted by atomic mass is 10.5. The van der Waals surface area contributed by atoms with Crippen LogP contribution in [-0.2, 0) is 0 Å². The van der Waals surface area contributed by atoms with Crippen LogP contribution in [0, 0.1) is 0 Å². The van der Waals surface area contributed by atoms with Crippen molar-refractivity contribution in [3.8, 4) is 12.0 Å². The van der Waals surface area contributed by atoms with Crippen molar-refractivity contribution in [2.45, 2.75) is 20.0 Å². The molecule has 0 bridgehead atoms. The van der Waals surface area contributed by atoms with E-state index in [0.29, 0.717) is 5.95 Å². The van der Waals surface area contributed by atoms with Gasteiger partial charge in [-0.25, -0.2) is 0 Å². The number of hydrogen-bond donors (Lipinski definition) is 1. The van der Waals surface area contributed by atoms with Gasteiger partial charge >= 0.3 is 12.0 Å². The lowest BCUT2D eigenvalue weighted by molar-refractivity contribution is 0.217. The van der Waals surface area contributed by atoms with Gasteiger partial charge in [0.1, 0.15) is 0 Å². The van der Waals surface area contributed by atoms with Crippen LogP contribution in [0.5, 0.6) is 12.0 Å². The highest BCUT2D eigenvalue weighted by molar-refractivity contribution is 5.26. The summed E-state index contributed by atoms with van der Waals surface area (Å²) in [5.41, 5.74) is 0. The zero-order valence-corrected chi connectivity index (χ0v) is 8.74. The molecular weight excluding hydrogens is 184 g/mol. The number of nitrogens with zero attached hydrogens (tertiary/aromatic N) is 3. The maximum atomic E-state index is 5.32. The number of ether oxygens (including phenoxy) is 2. The van der Waals surface area contributed by atoms with Gasteiger partial charge in [-0.2, -0.15) is 9.97 Å². The topological polar surface area (TPSA) is 69.2 Å². The largest absolute Gasteiger partial charge is 0.467 e. The van der Waals surface area contributed by atoms with E-state index >= 15 is 0 Å². The first-order valence-corrected chi connectivity index (χ1v) is 4.30. The Hall–Kier alpha value is -1.59. The second-order valence-corrected chi connectivity index (χ2v) is 2.84. The maximum absolute atomic E-state index is 5.32. The normalized spacial score (nSPS) is 10.1. The highest BCUT2D eigenvalue weighted by atomic mass is 16.5. The molecule has 0 saturated carbocycles. The third-order valence-electron chi connectivity index (χ3n) is 1.34. The molecule has 0 atom stereocenters. The zero-order chi connectivity index (χ0) is 10.6. The van der Waals surface area contributed by atoms with E-state index in [1.165, 1.54) is 7.11 Å². The van der Waals surface area contributed by atoms with Crippen LogP contribution in [0.1, 0.15) is 13.8 Å². The SMILES string of the molecule is CNc1nc(OC)nc(OC(C)C)n1. The van der Waals surface area contributed by atoms with Crippen molar-refractivity contribution in [3.05, 3.63) is 0 Å². The Bertz CT molecular complexity index is 281. The van der Waals surface area contributed by atoms with Gasteiger partial charge in [-0.15, -0.1) is 4.98 Å². The number of nitrogens with one attached hydrogen (secondary N) is 1. The maximum Gasteiger partial charge on any atom is 0.324 e. The monoisotopic (exact) mass is 198 g/mol. The molecule has 6 nitrogen and oxygen atoms in total. The van der Waals surface area contributed by atoms with Gasteiger partial charge in [0.2, 0.25) is 5.95 Å². The molecule has 0 radical (unpaired) electrons. The minimum atomic E-state index is 0.0202. The van der Waals surface area contributed by atoms with E-state index in [0.717, 1.165) is 0 Å². The Morgan fingerprint density at radius 1 is 1.14 bits per heavy atom. The van der Waals surface area contributed by atoms with E-state index in [4.69, 9.17) is 9.47 Å². The summed E-state index contributed by atoms with van der Waals surface area (Å²) in [6.07, 6.45) is 0.0202.